The summed E-state index contributed by atoms with van der Waals surface area (Å²) >= 11 is 0. The number of aliphatic imine (C=N–C) groups is 1. The number of rotatable bonds is 4. The molecule has 0 radical (unpaired) electrons. The van der Waals surface area contributed by atoms with Crippen LogP contribution in [0.2, 0.25) is 0 Å². The van der Waals surface area contributed by atoms with Crippen molar-refractivity contribution in [3.8, 4) is 17.2 Å². The summed E-state index contributed by atoms with van der Waals surface area (Å²) in [4.78, 5) is 19.1. The quantitative estimate of drug-likeness (QED) is 0.400. The fraction of sp³-hybridized carbons (Fsp3) is 0.452. The predicted octanol–water partition coefficient (Wildman–Crippen LogP) is 6.72. The zero-order valence-corrected chi connectivity index (χ0v) is 23.2. The van der Waals surface area contributed by atoms with Gasteiger partial charge >= 0.3 is 0 Å². The summed E-state index contributed by atoms with van der Waals surface area (Å²) in [6.07, 6.45) is 1.31. The minimum Gasteiger partial charge on any atom is -0.493 e. The monoisotopic (exact) mass is 499 g/mol. The third-order valence-electron chi connectivity index (χ3n) is 7.53. The van der Waals surface area contributed by atoms with Gasteiger partial charge in [-0.3, -0.25) is 4.79 Å². The van der Waals surface area contributed by atoms with Crippen LogP contribution in [0.3, 0.4) is 0 Å². The van der Waals surface area contributed by atoms with Crippen LogP contribution in [0.15, 0.2) is 47.5 Å². The van der Waals surface area contributed by atoms with E-state index in [0.717, 1.165) is 46.0 Å². The molecule has 3 aromatic rings. The molecule has 1 aliphatic heterocycles. The number of carbonyl (C=O) groups excluding carboxylic acids is 1. The average Bonchev–Trinajstić information content (AvgIpc) is 3.21. The Kier molecular flexibility index (Phi) is 6.05. The smallest absolute Gasteiger partial charge is 0.161 e. The first-order valence-corrected chi connectivity index (χ1v) is 13.0. The van der Waals surface area contributed by atoms with Gasteiger partial charge in [0.15, 0.2) is 17.3 Å². The van der Waals surface area contributed by atoms with Crippen LogP contribution in [-0.4, -0.2) is 35.5 Å². The number of carbonyl (C=O) groups is 1. The number of nitrogens with zero attached hydrogens (tertiary/aromatic N) is 3. The zero-order chi connectivity index (χ0) is 26.7. The molecule has 0 bridgehead atoms. The highest BCUT2D eigenvalue weighted by Crippen LogP contribution is 2.52. The molecule has 2 atom stereocenters. The first-order valence-electron chi connectivity index (χ1n) is 13.0. The third-order valence-corrected chi connectivity index (χ3v) is 7.53. The number of aryl methyl sites for hydroxylation is 1. The van der Waals surface area contributed by atoms with E-state index >= 15 is 0 Å². The summed E-state index contributed by atoms with van der Waals surface area (Å²) < 4.78 is 13.2. The van der Waals surface area contributed by atoms with Crippen molar-refractivity contribution in [1.29, 1.82) is 0 Å². The predicted molar refractivity (Wildman–Crippen MR) is 147 cm³/mol. The number of hydrogen-bond donors (Lipinski definition) is 0. The second kappa shape index (κ2) is 8.86. The van der Waals surface area contributed by atoms with Gasteiger partial charge in [0, 0.05) is 29.0 Å². The number of ether oxygens (including phenoxy) is 2. The van der Waals surface area contributed by atoms with Crippen molar-refractivity contribution in [1.82, 2.24) is 9.78 Å². The Bertz CT molecular complexity index is 1410. The molecule has 0 N–H and O–H groups in total. The minimum atomic E-state index is -0.324. The summed E-state index contributed by atoms with van der Waals surface area (Å²) in [5.74, 6) is 1.85. The number of hydrogen-bond acceptors (Lipinski definition) is 5. The summed E-state index contributed by atoms with van der Waals surface area (Å²) in [5, 5.41) is 5.19. The van der Waals surface area contributed by atoms with Gasteiger partial charge in [0.05, 0.1) is 31.5 Å². The molecule has 2 aromatic carbocycles. The SMILES string of the molecule is COc1ccc(C2c3c(C(C)(C)C)nn(-c4cccc(C)c4)c3N=C3CC(C)(C)CC(=O)C32)cc1OC. The number of methoxy groups -OCH3 is 2. The lowest BCUT2D eigenvalue weighted by Crippen LogP contribution is -2.42. The van der Waals surface area contributed by atoms with E-state index in [9.17, 15) is 4.79 Å². The van der Waals surface area contributed by atoms with Crippen LogP contribution in [0.1, 0.15) is 75.8 Å². The van der Waals surface area contributed by atoms with Gasteiger partial charge in [0.25, 0.3) is 0 Å². The summed E-state index contributed by atoms with van der Waals surface area (Å²) in [6, 6.07) is 14.3. The van der Waals surface area contributed by atoms with Crippen molar-refractivity contribution >= 4 is 17.3 Å². The highest BCUT2D eigenvalue weighted by Gasteiger charge is 2.48. The maximum Gasteiger partial charge on any atom is 0.161 e. The third kappa shape index (κ3) is 4.36. The highest BCUT2D eigenvalue weighted by atomic mass is 16.5. The van der Waals surface area contributed by atoms with E-state index < -0.39 is 0 Å². The second-order valence-corrected chi connectivity index (χ2v) is 12.2. The number of fused-ring (bicyclic) bond motifs is 2. The Labute approximate surface area is 219 Å². The Morgan fingerprint density at radius 2 is 1.70 bits per heavy atom. The lowest BCUT2D eigenvalue weighted by molar-refractivity contribution is -0.124. The molecule has 37 heavy (non-hydrogen) atoms. The fourth-order valence-electron chi connectivity index (χ4n) is 5.93. The van der Waals surface area contributed by atoms with Crippen molar-refractivity contribution in [2.75, 3.05) is 14.2 Å². The molecule has 1 fully saturated rings. The molecule has 0 spiro atoms. The van der Waals surface area contributed by atoms with Crippen LogP contribution in [0, 0.1) is 18.3 Å². The van der Waals surface area contributed by atoms with Gasteiger partial charge in [-0.2, -0.15) is 5.10 Å². The van der Waals surface area contributed by atoms with Gasteiger partial charge in [-0.1, -0.05) is 52.8 Å². The van der Waals surface area contributed by atoms with Gasteiger partial charge in [-0.05, 0) is 54.2 Å². The van der Waals surface area contributed by atoms with Crippen molar-refractivity contribution in [2.45, 2.75) is 65.7 Å². The average molecular weight is 500 g/mol. The van der Waals surface area contributed by atoms with Gasteiger partial charge in [-0.15, -0.1) is 0 Å². The Hall–Kier alpha value is -3.41. The van der Waals surface area contributed by atoms with E-state index in [0.29, 0.717) is 17.9 Å². The van der Waals surface area contributed by atoms with E-state index in [1.807, 2.05) is 22.9 Å². The van der Waals surface area contributed by atoms with E-state index in [2.05, 4.69) is 65.8 Å². The Morgan fingerprint density at radius 3 is 2.35 bits per heavy atom. The van der Waals surface area contributed by atoms with Crippen molar-refractivity contribution in [3.63, 3.8) is 0 Å². The highest BCUT2D eigenvalue weighted by molar-refractivity contribution is 6.11. The molecule has 1 aromatic heterocycles. The number of ketones is 1. The lowest BCUT2D eigenvalue weighted by atomic mass is 9.63. The molecule has 1 aliphatic carbocycles. The van der Waals surface area contributed by atoms with Gasteiger partial charge in [0.2, 0.25) is 0 Å². The van der Waals surface area contributed by atoms with Gasteiger partial charge in [0.1, 0.15) is 5.78 Å². The molecule has 0 amide bonds. The minimum absolute atomic E-state index is 0.132. The van der Waals surface area contributed by atoms with Crippen LogP contribution in [0.4, 0.5) is 5.82 Å². The van der Waals surface area contributed by atoms with E-state index in [1.165, 1.54) is 0 Å². The topological polar surface area (TPSA) is 65.7 Å². The molecular weight excluding hydrogens is 462 g/mol. The molecule has 2 heterocycles. The first-order chi connectivity index (χ1) is 17.4. The lowest BCUT2D eigenvalue weighted by Gasteiger charge is -2.41. The summed E-state index contributed by atoms with van der Waals surface area (Å²) in [7, 11) is 3.28. The zero-order valence-electron chi connectivity index (χ0n) is 23.2. The van der Waals surface area contributed by atoms with Gasteiger partial charge in [-0.25, -0.2) is 9.67 Å². The number of Topliss-reactive ketones (excluding diaryl/α,β-unsaturated/α-hetero) is 1. The van der Waals surface area contributed by atoms with Crippen LogP contribution in [0.25, 0.3) is 5.69 Å². The van der Waals surface area contributed by atoms with Crippen molar-refractivity contribution in [2.24, 2.45) is 16.3 Å². The summed E-state index contributed by atoms with van der Waals surface area (Å²) in [5.41, 5.74) is 5.70. The molecule has 5 rings (SSSR count). The standard InChI is InChI=1S/C31H37N3O3/c1-18-10-9-11-20(14-18)34-29-27(28(33-34)30(2,3)4)25(19-12-13-23(36-7)24(15-19)37-8)26-21(32-29)16-31(5,6)17-22(26)35/h9-15,25-26H,16-17H2,1-8H3. The van der Waals surface area contributed by atoms with Crippen LogP contribution >= 0.6 is 0 Å². The van der Waals surface area contributed by atoms with Gasteiger partial charge < -0.3 is 9.47 Å². The molecule has 194 valence electrons. The molecule has 6 nitrogen and oxygen atoms in total. The van der Waals surface area contributed by atoms with Crippen LogP contribution in [-0.2, 0) is 10.2 Å². The maximum absolute atomic E-state index is 13.8. The Morgan fingerprint density at radius 1 is 0.973 bits per heavy atom. The second-order valence-electron chi connectivity index (χ2n) is 12.2. The molecular formula is C31H37N3O3. The molecule has 1 saturated carbocycles. The van der Waals surface area contributed by atoms with E-state index in [1.54, 1.807) is 14.2 Å². The van der Waals surface area contributed by atoms with Crippen molar-refractivity contribution in [3.05, 3.63) is 64.8 Å². The molecule has 2 unspecified atom stereocenters. The van der Waals surface area contributed by atoms with E-state index in [4.69, 9.17) is 19.6 Å². The Balaban J connectivity index is 1.84. The number of aromatic nitrogens is 2. The first kappa shape index (κ1) is 25.2. The maximum atomic E-state index is 13.8. The van der Waals surface area contributed by atoms with Crippen LogP contribution < -0.4 is 9.47 Å². The normalized spacial score (nSPS) is 20.6. The fourth-order valence-corrected chi connectivity index (χ4v) is 5.93. The van der Waals surface area contributed by atoms with Crippen molar-refractivity contribution < 1.29 is 14.3 Å². The van der Waals surface area contributed by atoms with Crippen LogP contribution in [0.5, 0.6) is 11.5 Å². The molecule has 6 heteroatoms. The largest absolute Gasteiger partial charge is 0.493 e. The summed E-state index contributed by atoms with van der Waals surface area (Å²) in [6.45, 7) is 12.9. The molecule has 0 saturated heterocycles. The van der Waals surface area contributed by atoms with E-state index in [-0.39, 0.29) is 28.4 Å². The molecule has 2 aliphatic rings. The number of benzene rings is 2.